The molecule has 0 aliphatic rings. The molecule has 2 aromatic carbocycles. The van der Waals surface area contributed by atoms with E-state index >= 15 is 0 Å². The van der Waals surface area contributed by atoms with Crippen LogP contribution in [0.15, 0.2) is 54.9 Å². The van der Waals surface area contributed by atoms with Crippen LogP contribution in [0, 0.1) is 6.92 Å². The van der Waals surface area contributed by atoms with Crippen LogP contribution in [0.3, 0.4) is 0 Å². The van der Waals surface area contributed by atoms with Gasteiger partial charge in [0.15, 0.2) is 5.65 Å². The Balaban J connectivity index is 1.65. The van der Waals surface area contributed by atoms with Crippen LogP contribution in [0.25, 0.3) is 16.9 Å². The summed E-state index contributed by atoms with van der Waals surface area (Å²) in [6.07, 6.45) is 1.77. The van der Waals surface area contributed by atoms with Crippen LogP contribution in [0.4, 0.5) is 11.6 Å². The minimum absolute atomic E-state index is 0.520. The van der Waals surface area contributed by atoms with Crippen molar-refractivity contribution in [2.45, 2.75) is 20.8 Å². The number of benzene rings is 2. The molecule has 0 spiro atoms. The Bertz CT molecular complexity index is 1100. The second-order valence-electron chi connectivity index (χ2n) is 6.43. The average Bonchev–Trinajstić information content (AvgIpc) is 3.15. The SMILES string of the molecule is CCOc1ccc(Nc2nc(C)c3ncn(-c4ccc(OCC)cc4)c3n2)cc1. The van der Waals surface area contributed by atoms with Crippen LogP contribution in [0.1, 0.15) is 19.5 Å². The van der Waals surface area contributed by atoms with Gasteiger partial charge in [0.1, 0.15) is 23.3 Å². The zero-order chi connectivity index (χ0) is 20.2. The molecule has 0 aliphatic carbocycles. The summed E-state index contributed by atoms with van der Waals surface area (Å²) in [4.78, 5) is 13.7. The number of nitrogens with one attached hydrogen (secondary N) is 1. The molecular formula is C22H23N5O2. The molecule has 2 heterocycles. The van der Waals surface area contributed by atoms with Crippen molar-refractivity contribution in [3.05, 3.63) is 60.6 Å². The van der Waals surface area contributed by atoms with Crippen LogP contribution in [0.5, 0.6) is 11.5 Å². The first-order chi connectivity index (χ1) is 14.2. The van der Waals surface area contributed by atoms with Gasteiger partial charge in [0, 0.05) is 11.4 Å². The Morgan fingerprint density at radius 1 is 0.862 bits per heavy atom. The fraction of sp³-hybridized carbons (Fsp3) is 0.227. The second-order valence-corrected chi connectivity index (χ2v) is 6.43. The third kappa shape index (κ3) is 3.99. The summed E-state index contributed by atoms with van der Waals surface area (Å²) in [5.41, 5.74) is 4.18. The summed E-state index contributed by atoms with van der Waals surface area (Å²) in [6.45, 7) is 7.14. The van der Waals surface area contributed by atoms with Crippen LogP contribution in [-0.4, -0.2) is 32.7 Å². The van der Waals surface area contributed by atoms with E-state index in [4.69, 9.17) is 14.5 Å². The fourth-order valence-corrected chi connectivity index (χ4v) is 3.09. The van der Waals surface area contributed by atoms with Gasteiger partial charge in [0.05, 0.1) is 18.9 Å². The van der Waals surface area contributed by atoms with Crippen LogP contribution >= 0.6 is 0 Å². The Labute approximate surface area is 169 Å². The minimum atomic E-state index is 0.520. The van der Waals surface area contributed by atoms with Crippen molar-refractivity contribution in [3.63, 3.8) is 0 Å². The first kappa shape index (κ1) is 18.7. The zero-order valence-electron chi connectivity index (χ0n) is 16.7. The third-order valence-corrected chi connectivity index (χ3v) is 4.42. The van der Waals surface area contributed by atoms with Gasteiger partial charge in [-0.25, -0.2) is 9.97 Å². The van der Waals surface area contributed by atoms with Crippen LogP contribution in [0.2, 0.25) is 0 Å². The smallest absolute Gasteiger partial charge is 0.229 e. The van der Waals surface area contributed by atoms with E-state index in [1.807, 2.05) is 73.9 Å². The number of aryl methyl sites for hydroxylation is 1. The fourth-order valence-electron chi connectivity index (χ4n) is 3.09. The van der Waals surface area contributed by atoms with Crippen LogP contribution in [-0.2, 0) is 0 Å². The van der Waals surface area contributed by atoms with Gasteiger partial charge in [0.2, 0.25) is 5.95 Å². The maximum absolute atomic E-state index is 5.52. The highest BCUT2D eigenvalue weighted by Gasteiger charge is 2.12. The predicted octanol–water partition coefficient (Wildman–Crippen LogP) is 4.66. The number of rotatable bonds is 7. The molecule has 2 aromatic heterocycles. The monoisotopic (exact) mass is 389 g/mol. The lowest BCUT2D eigenvalue weighted by atomic mass is 10.3. The van der Waals surface area contributed by atoms with Gasteiger partial charge in [-0.2, -0.15) is 4.98 Å². The highest BCUT2D eigenvalue weighted by Crippen LogP contribution is 2.24. The first-order valence-electron chi connectivity index (χ1n) is 9.62. The summed E-state index contributed by atoms with van der Waals surface area (Å²) < 4.78 is 13.0. The number of nitrogens with zero attached hydrogens (tertiary/aromatic N) is 4. The molecule has 0 saturated carbocycles. The molecule has 7 nitrogen and oxygen atoms in total. The summed E-state index contributed by atoms with van der Waals surface area (Å²) in [7, 11) is 0. The molecule has 29 heavy (non-hydrogen) atoms. The molecule has 0 aliphatic heterocycles. The van der Waals surface area contributed by atoms with Gasteiger partial charge in [-0.15, -0.1) is 0 Å². The van der Waals surface area contributed by atoms with Gasteiger partial charge in [-0.05, 0) is 69.3 Å². The lowest BCUT2D eigenvalue weighted by Crippen LogP contribution is -2.02. The number of aromatic nitrogens is 4. The third-order valence-electron chi connectivity index (χ3n) is 4.42. The molecule has 148 valence electrons. The van der Waals surface area contributed by atoms with Crippen LogP contribution < -0.4 is 14.8 Å². The molecule has 0 saturated heterocycles. The summed E-state index contributed by atoms with van der Waals surface area (Å²) in [5.74, 6) is 2.19. The van der Waals surface area contributed by atoms with E-state index in [2.05, 4.69) is 15.3 Å². The quantitative estimate of drug-likeness (QED) is 0.495. The highest BCUT2D eigenvalue weighted by molar-refractivity contribution is 5.77. The number of ether oxygens (including phenoxy) is 2. The van der Waals surface area contributed by atoms with E-state index in [1.165, 1.54) is 0 Å². The molecule has 0 amide bonds. The number of hydrogen-bond donors (Lipinski definition) is 1. The van der Waals surface area contributed by atoms with Crippen molar-refractivity contribution >= 4 is 22.8 Å². The van der Waals surface area contributed by atoms with Crippen molar-refractivity contribution < 1.29 is 9.47 Å². The van der Waals surface area contributed by atoms with Crippen molar-refractivity contribution in [2.75, 3.05) is 18.5 Å². The number of anilines is 2. The van der Waals surface area contributed by atoms with Gasteiger partial charge >= 0.3 is 0 Å². The molecule has 1 N–H and O–H groups in total. The van der Waals surface area contributed by atoms with Crippen molar-refractivity contribution in [3.8, 4) is 17.2 Å². The molecule has 0 unspecified atom stereocenters. The van der Waals surface area contributed by atoms with Gasteiger partial charge in [0.25, 0.3) is 0 Å². The maximum Gasteiger partial charge on any atom is 0.229 e. The lowest BCUT2D eigenvalue weighted by Gasteiger charge is -2.09. The molecular weight excluding hydrogens is 366 g/mol. The lowest BCUT2D eigenvalue weighted by molar-refractivity contribution is 0.340. The van der Waals surface area contributed by atoms with Crippen molar-refractivity contribution in [1.29, 1.82) is 0 Å². The maximum atomic E-state index is 5.52. The Morgan fingerprint density at radius 2 is 1.48 bits per heavy atom. The van der Waals surface area contributed by atoms with Gasteiger partial charge in [-0.1, -0.05) is 0 Å². The number of imidazole rings is 1. The highest BCUT2D eigenvalue weighted by atomic mass is 16.5. The molecule has 0 bridgehead atoms. The van der Waals surface area contributed by atoms with Crippen molar-refractivity contribution in [2.24, 2.45) is 0 Å². The molecule has 0 atom stereocenters. The molecule has 0 radical (unpaired) electrons. The summed E-state index contributed by atoms with van der Waals surface area (Å²) in [5, 5.41) is 3.26. The first-order valence-corrected chi connectivity index (χ1v) is 9.62. The summed E-state index contributed by atoms with van der Waals surface area (Å²) in [6, 6.07) is 15.6. The topological polar surface area (TPSA) is 74.1 Å². The Kier molecular flexibility index (Phi) is 5.29. The largest absolute Gasteiger partial charge is 0.494 e. The Morgan fingerprint density at radius 3 is 2.10 bits per heavy atom. The van der Waals surface area contributed by atoms with E-state index < -0.39 is 0 Å². The molecule has 7 heteroatoms. The predicted molar refractivity (Wildman–Crippen MR) is 113 cm³/mol. The van der Waals surface area contributed by atoms with E-state index in [1.54, 1.807) is 6.33 Å². The molecule has 4 rings (SSSR count). The molecule has 4 aromatic rings. The Hall–Kier alpha value is -3.61. The number of fused-ring (bicyclic) bond motifs is 1. The standard InChI is InChI=1S/C22H23N5O2/c1-4-28-18-10-6-16(7-11-18)25-22-24-15(3)20-21(26-22)27(14-23-20)17-8-12-19(13-9-17)29-5-2/h6-14H,4-5H2,1-3H3,(H,24,25,26). The second kappa shape index (κ2) is 8.18. The van der Waals surface area contributed by atoms with Crippen molar-refractivity contribution in [1.82, 2.24) is 19.5 Å². The normalized spacial score (nSPS) is 10.9. The van der Waals surface area contributed by atoms with E-state index in [-0.39, 0.29) is 0 Å². The minimum Gasteiger partial charge on any atom is -0.494 e. The van der Waals surface area contributed by atoms with E-state index in [0.717, 1.165) is 39.7 Å². The average molecular weight is 389 g/mol. The van der Waals surface area contributed by atoms with E-state index in [9.17, 15) is 0 Å². The van der Waals surface area contributed by atoms with E-state index in [0.29, 0.717) is 19.2 Å². The zero-order valence-corrected chi connectivity index (χ0v) is 16.7. The number of hydrogen-bond acceptors (Lipinski definition) is 6. The molecule has 0 fully saturated rings. The van der Waals surface area contributed by atoms with Gasteiger partial charge in [-0.3, -0.25) is 4.57 Å². The van der Waals surface area contributed by atoms with Gasteiger partial charge < -0.3 is 14.8 Å². The summed E-state index contributed by atoms with van der Waals surface area (Å²) >= 11 is 0.